The number of nitrogens with two attached hydrogens (primary N) is 1. The minimum Gasteiger partial charge on any atom is -0.372 e. The van der Waals surface area contributed by atoms with Crippen molar-refractivity contribution in [3.63, 3.8) is 0 Å². The minimum atomic E-state index is -0.107. The SMILES string of the molecule is CC(N)CC(=O)Nc1ccc(N2CCC(C)CC2)cc1. The van der Waals surface area contributed by atoms with E-state index in [4.69, 9.17) is 5.73 Å². The summed E-state index contributed by atoms with van der Waals surface area (Å²) < 4.78 is 0. The Morgan fingerprint density at radius 1 is 1.35 bits per heavy atom. The topological polar surface area (TPSA) is 58.4 Å². The summed E-state index contributed by atoms with van der Waals surface area (Å²) in [5, 5.41) is 2.87. The number of hydrogen-bond acceptors (Lipinski definition) is 3. The highest BCUT2D eigenvalue weighted by atomic mass is 16.1. The Kier molecular flexibility index (Phi) is 5.01. The molecule has 1 aromatic rings. The third-order valence-corrected chi connectivity index (χ3v) is 3.81. The van der Waals surface area contributed by atoms with E-state index in [2.05, 4.69) is 29.3 Å². The first-order chi connectivity index (χ1) is 9.54. The second-order valence-electron chi connectivity index (χ2n) is 5.95. The van der Waals surface area contributed by atoms with Crippen molar-refractivity contribution >= 4 is 17.3 Å². The van der Waals surface area contributed by atoms with Crippen molar-refractivity contribution in [2.75, 3.05) is 23.3 Å². The monoisotopic (exact) mass is 275 g/mol. The van der Waals surface area contributed by atoms with Gasteiger partial charge < -0.3 is 16.0 Å². The Bertz CT molecular complexity index is 434. The van der Waals surface area contributed by atoms with Crippen LogP contribution in [-0.2, 0) is 4.79 Å². The maximum atomic E-state index is 11.6. The van der Waals surface area contributed by atoms with Gasteiger partial charge in [-0.15, -0.1) is 0 Å². The predicted molar refractivity (Wildman–Crippen MR) is 83.9 cm³/mol. The van der Waals surface area contributed by atoms with Gasteiger partial charge in [-0.1, -0.05) is 6.92 Å². The zero-order valence-corrected chi connectivity index (χ0v) is 12.4. The van der Waals surface area contributed by atoms with Crippen LogP contribution in [0.3, 0.4) is 0 Å². The summed E-state index contributed by atoms with van der Waals surface area (Å²) in [7, 11) is 0. The fourth-order valence-electron chi connectivity index (χ4n) is 2.53. The number of carbonyl (C=O) groups excluding carboxylic acids is 1. The van der Waals surface area contributed by atoms with Gasteiger partial charge in [0.15, 0.2) is 0 Å². The molecule has 0 aromatic heterocycles. The Hall–Kier alpha value is -1.55. The molecule has 4 nitrogen and oxygen atoms in total. The second kappa shape index (κ2) is 6.75. The highest BCUT2D eigenvalue weighted by molar-refractivity contribution is 5.91. The maximum Gasteiger partial charge on any atom is 0.225 e. The molecule has 1 unspecified atom stereocenters. The van der Waals surface area contributed by atoms with Gasteiger partial charge in [0.25, 0.3) is 0 Å². The van der Waals surface area contributed by atoms with Crippen LogP contribution in [0, 0.1) is 5.92 Å². The molecule has 20 heavy (non-hydrogen) atoms. The fraction of sp³-hybridized carbons (Fsp3) is 0.562. The standard InChI is InChI=1S/C16H25N3O/c1-12-7-9-19(10-8-12)15-5-3-14(4-6-15)18-16(20)11-13(2)17/h3-6,12-13H,7-11,17H2,1-2H3,(H,18,20). The molecule has 0 spiro atoms. The fourth-order valence-corrected chi connectivity index (χ4v) is 2.53. The van der Waals surface area contributed by atoms with E-state index in [9.17, 15) is 4.79 Å². The van der Waals surface area contributed by atoms with Crippen LogP contribution in [0.1, 0.15) is 33.1 Å². The quantitative estimate of drug-likeness (QED) is 0.888. The second-order valence-corrected chi connectivity index (χ2v) is 5.95. The van der Waals surface area contributed by atoms with Crippen molar-refractivity contribution in [2.45, 2.75) is 39.2 Å². The van der Waals surface area contributed by atoms with Gasteiger partial charge in [0.1, 0.15) is 0 Å². The number of piperidine rings is 1. The molecule has 1 amide bonds. The van der Waals surface area contributed by atoms with E-state index in [0.717, 1.165) is 24.7 Å². The first-order valence-electron chi connectivity index (χ1n) is 7.45. The van der Waals surface area contributed by atoms with Gasteiger partial charge >= 0.3 is 0 Å². The Labute approximate surface area is 121 Å². The van der Waals surface area contributed by atoms with Gasteiger partial charge in [0.2, 0.25) is 5.91 Å². The number of nitrogens with zero attached hydrogens (tertiary/aromatic N) is 1. The zero-order valence-electron chi connectivity index (χ0n) is 12.4. The molecule has 0 bridgehead atoms. The molecule has 1 aliphatic rings. The molecule has 0 aliphatic carbocycles. The van der Waals surface area contributed by atoms with Crippen LogP contribution >= 0.6 is 0 Å². The van der Waals surface area contributed by atoms with Crippen molar-refractivity contribution in [3.05, 3.63) is 24.3 Å². The first kappa shape index (κ1) is 14.9. The number of benzene rings is 1. The number of carbonyl (C=O) groups is 1. The molecule has 1 saturated heterocycles. The van der Waals surface area contributed by atoms with Crippen LogP contribution < -0.4 is 16.0 Å². The lowest BCUT2D eigenvalue weighted by atomic mass is 9.99. The number of hydrogen-bond donors (Lipinski definition) is 2. The lowest BCUT2D eigenvalue weighted by Gasteiger charge is -2.32. The zero-order chi connectivity index (χ0) is 14.5. The molecular weight excluding hydrogens is 250 g/mol. The van der Waals surface area contributed by atoms with Crippen molar-refractivity contribution < 1.29 is 4.79 Å². The van der Waals surface area contributed by atoms with Gasteiger partial charge in [-0.25, -0.2) is 0 Å². The Morgan fingerprint density at radius 3 is 2.50 bits per heavy atom. The van der Waals surface area contributed by atoms with Gasteiger partial charge in [0.05, 0.1) is 0 Å². The molecule has 0 saturated carbocycles. The molecule has 1 fully saturated rings. The molecule has 110 valence electrons. The number of amides is 1. The Balaban J connectivity index is 1.91. The van der Waals surface area contributed by atoms with E-state index in [1.54, 1.807) is 0 Å². The van der Waals surface area contributed by atoms with Crippen LogP contribution in [0.4, 0.5) is 11.4 Å². The summed E-state index contributed by atoms with van der Waals surface area (Å²) in [6, 6.07) is 7.98. The van der Waals surface area contributed by atoms with Crippen LogP contribution in [0.15, 0.2) is 24.3 Å². The van der Waals surface area contributed by atoms with Crippen LogP contribution in [0.2, 0.25) is 0 Å². The normalized spacial score (nSPS) is 17.9. The average molecular weight is 275 g/mol. The molecule has 1 aliphatic heterocycles. The number of nitrogens with one attached hydrogen (secondary N) is 1. The van der Waals surface area contributed by atoms with E-state index >= 15 is 0 Å². The third kappa shape index (κ3) is 4.23. The summed E-state index contributed by atoms with van der Waals surface area (Å²) in [5.74, 6) is 0.808. The van der Waals surface area contributed by atoms with Crippen molar-refractivity contribution in [1.29, 1.82) is 0 Å². The highest BCUT2D eigenvalue weighted by Crippen LogP contribution is 2.24. The number of rotatable bonds is 4. The van der Waals surface area contributed by atoms with Crippen LogP contribution in [0.25, 0.3) is 0 Å². The highest BCUT2D eigenvalue weighted by Gasteiger charge is 2.15. The van der Waals surface area contributed by atoms with Gasteiger partial charge in [-0.05, 0) is 49.9 Å². The average Bonchev–Trinajstić information content (AvgIpc) is 2.39. The summed E-state index contributed by atoms with van der Waals surface area (Å²) in [6.45, 7) is 6.39. The third-order valence-electron chi connectivity index (χ3n) is 3.81. The molecule has 0 radical (unpaired) electrons. The Morgan fingerprint density at radius 2 is 1.95 bits per heavy atom. The predicted octanol–water partition coefficient (Wildman–Crippen LogP) is 2.60. The summed E-state index contributed by atoms with van der Waals surface area (Å²) in [4.78, 5) is 14.1. The molecule has 1 heterocycles. The van der Waals surface area contributed by atoms with E-state index in [-0.39, 0.29) is 11.9 Å². The van der Waals surface area contributed by atoms with E-state index in [0.29, 0.717) is 6.42 Å². The van der Waals surface area contributed by atoms with Crippen LogP contribution in [-0.4, -0.2) is 25.0 Å². The molecule has 1 aromatic carbocycles. The molecule has 3 N–H and O–H groups in total. The van der Waals surface area contributed by atoms with Crippen molar-refractivity contribution in [3.8, 4) is 0 Å². The first-order valence-corrected chi connectivity index (χ1v) is 7.45. The summed E-state index contributed by atoms with van der Waals surface area (Å²) in [6.07, 6.45) is 2.87. The molecule has 2 rings (SSSR count). The van der Waals surface area contributed by atoms with Crippen molar-refractivity contribution in [2.24, 2.45) is 11.7 Å². The van der Waals surface area contributed by atoms with E-state index in [1.165, 1.54) is 18.5 Å². The van der Waals surface area contributed by atoms with Crippen molar-refractivity contribution in [1.82, 2.24) is 0 Å². The van der Waals surface area contributed by atoms with Gasteiger partial charge in [-0.3, -0.25) is 4.79 Å². The minimum absolute atomic E-state index is 0.0282. The molecule has 4 heteroatoms. The van der Waals surface area contributed by atoms with Gasteiger partial charge in [-0.2, -0.15) is 0 Å². The maximum absolute atomic E-state index is 11.6. The van der Waals surface area contributed by atoms with Crippen LogP contribution in [0.5, 0.6) is 0 Å². The lowest BCUT2D eigenvalue weighted by Crippen LogP contribution is -2.32. The largest absolute Gasteiger partial charge is 0.372 e. The summed E-state index contributed by atoms with van der Waals surface area (Å²) in [5.41, 5.74) is 7.69. The molecule has 1 atom stereocenters. The van der Waals surface area contributed by atoms with E-state index < -0.39 is 0 Å². The molecular formula is C16H25N3O. The van der Waals surface area contributed by atoms with Gasteiger partial charge in [0, 0.05) is 36.9 Å². The van der Waals surface area contributed by atoms with E-state index in [1.807, 2.05) is 19.1 Å². The summed E-state index contributed by atoms with van der Waals surface area (Å²) >= 11 is 0. The lowest BCUT2D eigenvalue weighted by molar-refractivity contribution is -0.116. The number of anilines is 2. The smallest absolute Gasteiger partial charge is 0.225 e.